The van der Waals surface area contributed by atoms with E-state index in [2.05, 4.69) is 9.97 Å². The Balaban J connectivity index is 2.11. The molecule has 1 heterocycles. The third-order valence-electron chi connectivity index (χ3n) is 3.75. The summed E-state index contributed by atoms with van der Waals surface area (Å²) in [5, 5.41) is 0. The molecule has 0 amide bonds. The summed E-state index contributed by atoms with van der Waals surface area (Å²) in [5.41, 5.74) is -0.678. The Hall–Kier alpha value is -2.64. The van der Waals surface area contributed by atoms with Crippen LogP contribution in [0.15, 0.2) is 35.1 Å². The van der Waals surface area contributed by atoms with Gasteiger partial charge in [-0.3, -0.25) is 14.6 Å². The fraction of sp³-hybridized carbons (Fsp3) is 0.389. The minimum absolute atomic E-state index is 0.00896. The first-order valence-corrected chi connectivity index (χ1v) is 8.15. The van der Waals surface area contributed by atoms with Crippen molar-refractivity contribution in [3.05, 3.63) is 57.5 Å². The maximum atomic E-state index is 12.6. The van der Waals surface area contributed by atoms with Crippen molar-refractivity contribution in [3.63, 3.8) is 0 Å². The molecule has 0 bridgehead atoms. The SMILES string of the molecule is CCCOc1nc(C(=O)C[C@H](C)c2ccc(C(F)(F)F)cc2)cc(=O)[nH]1. The van der Waals surface area contributed by atoms with Gasteiger partial charge >= 0.3 is 6.18 Å². The van der Waals surface area contributed by atoms with Crippen LogP contribution in [0.5, 0.6) is 6.01 Å². The van der Waals surface area contributed by atoms with Gasteiger partial charge in [-0.15, -0.1) is 0 Å². The molecule has 1 aromatic carbocycles. The second-order valence-corrected chi connectivity index (χ2v) is 5.93. The van der Waals surface area contributed by atoms with E-state index in [1.165, 1.54) is 12.1 Å². The monoisotopic (exact) mass is 368 g/mol. The number of rotatable bonds is 7. The number of nitrogens with one attached hydrogen (secondary N) is 1. The van der Waals surface area contributed by atoms with E-state index < -0.39 is 17.3 Å². The summed E-state index contributed by atoms with van der Waals surface area (Å²) >= 11 is 0. The van der Waals surface area contributed by atoms with Gasteiger partial charge in [-0.2, -0.15) is 18.2 Å². The van der Waals surface area contributed by atoms with Crippen molar-refractivity contribution < 1.29 is 22.7 Å². The van der Waals surface area contributed by atoms with Crippen molar-refractivity contribution in [2.75, 3.05) is 6.61 Å². The normalized spacial score (nSPS) is 12.7. The minimum atomic E-state index is -4.40. The highest BCUT2D eigenvalue weighted by Crippen LogP contribution is 2.30. The third-order valence-corrected chi connectivity index (χ3v) is 3.75. The van der Waals surface area contributed by atoms with Crippen molar-refractivity contribution >= 4 is 5.78 Å². The first-order valence-electron chi connectivity index (χ1n) is 8.15. The number of hydrogen-bond acceptors (Lipinski definition) is 4. The summed E-state index contributed by atoms with van der Waals surface area (Å²) in [6.45, 7) is 3.96. The van der Waals surface area contributed by atoms with Gasteiger partial charge in [0.25, 0.3) is 11.6 Å². The zero-order chi connectivity index (χ0) is 19.3. The van der Waals surface area contributed by atoms with Crippen LogP contribution >= 0.6 is 0 Å². The van der Waals surface area contributed by atoms with Crippen molar-refractivity contribution in [3.8, 4) is 6.01 Å². The number of carbonyl (C=O) groups is 1. The standard InChI is InChI=1S/C18H19F3N2O3/c1-3-8-26-17-22-14(10-16(25)23-17)15(24)9-11(2)12-4-6-13(7-5-12)18(19,20)21/h4-7,10-11H,3,8-9H2,1-2H3,(H,22,23,25)/t11-/m0/s1. The maximum Gasteiger partial charge on any atom is 0.416 e. The average molecular weight is 368 g/mol. The molecule has 1 N–H and O–H groups in total. The van der Waals surface area contributed by atoms with E-state index in [9.17, 15) is 22.8 Å². The molecule has 0 saturated carbocycles. The van der Waals surface area contributed by atoms with Gasteiger partial charge in [0, 0.05) is 12.5 Å². The fourth-order valence-corrected chi connectivity index (χ4v) is 2.35. The maximum absolute atomic E-state index is 12.6. The molecule has 0 saturated heterocycles. The Labute approximate surface area is 148 Å². The number of halogens is 3. The number of ether oxygens (including phenoxy) is 1. The molecular formula is C18H19F3N2O3. The van der Waals surface area contributed by atoms with E-state index in [1.54, 1.807) is 6.92 Å². The van der Waals surface area contributed by atoms with E-state index in [0.29, 0.717) is 18.6 Å². The molecule has 1 atom stereocenters. The molecule has 0 aliphatic heterocycles. The molecule has 0 aliphatic carbocycles. The lowest BCUT2D eigenvalue weighted by atomic mass is 9.94. The molecule has 8 heteroatoms. The quantitative estimate of drug-likeness (QED) is 0.751. The first kappa shape index (κ1) is 19.7. The number of carbonyl (C=O) groups excluding carboxylic acids is 1. The Morgan fingerprint density at radius 2 is 1.92 bits per heavy atom. The van der Waals surface area contributed by atoms with Crippen molar-refractivity contribution in [1.29, 1.82) is 0 Å². The second kappa shape index (κ2) is 8.16. The van der Waals surface area contributed by atoms with Crippen LogP contribution in [0.3, 0.4) is 0 Å². The van der Waals surface area contributed by atoms with E-state index in [4.69, 9.17) is 4.74 Å². The third kappa shape index (κ3) is 5.18. The van der Waals surface area contributed by atoms with E-state index in [-0.39, 0.29) is 29.8 Å². The van der Waals surface area contributed by atoms with Crippen LogP contribution in [0.2, 0.25) is 0 Å². The Bertz CT molecular complexity index is 814. The number of aromatic amines is 1. The van der Waals surface area contributed by atoms with Gasteiger partial charge in [0.1, 0.15) is 5.69 Å². The number of benzene rings is 1. The molecule has 0 aliphatic rings. The second-order valence-electron chi connectivity index (χ2n) is 5.93. The van der Waals surface area contributed by atoms with E-state index in [1.807, 2.05) is 6.92 Å². The van der Waals surface area contributed by atoms with Crippen LogP contribution in [0.25, 0.3) is 0 Å². The molecule has 140 valence electrons. The Morgan fingerprint density at radius 1 is 1.27 bits per heavy atom. The molecule has 0 radical (unpaired) electrons. The number of Topliss-reactive ketones (excluding diaryl/α,β-unsaturated/α-hetero) is 1. The first-order chi connectivity index (χ1) is 12.2. The van der Waals surface area contributed by atoms with Crippen molar-refractivity contribution in [2.24, 2.45) is 0 Å². The molecule has 2 aromatic rings. The van der Waals surface area contributed by atoms with E-state index in [0.717, 1.165) is 18.2 Å². The topological polar surface area (TPSA) is 72.0 Å². The average Bonchev–Trinajstić information content (AvgIpc) is 2.58. The van der Waals surface area contributed by atoms with Gasteiger partial charge in [-0.1, -0.05) is 26.0 Å². The van der Waals surface area contributed by atoms with Crippen LogP contribution in [0, 0.1) is 0 Å². The molecule has 1 aromatic heterocycles. The summed E-state index contributed by atoms with van der Waals surface area (Å²) in [5.74, 6) is -0.712. The predicted molar refractivity (Wildman–Crippen MR) is 89.5 cm³/mol. The molecular weight excluding hydrogens is 349 g/mol. The number of ketones is 1. The zero-order valence-electron chi connectivity index (χ0n) is 14.4. The van der Waals surface area contributed by atoms with Crippen LogP contribution in [0.4, 0.5) is 13.2 Å². The molecule has 0 fully saturated rings. The van der Waals surface area contributed by atoms with Crippen LogP contribution in [0.1, 0.15) is 54.2 Å². The zero-order valence-corrected chi connectivity index (χ0v) is 14.4. The highest BCUT2D eigenvalue weighted by molar-refractivity contribution is 5.94. The number of nitrogens with zero attached hydrogens (tertiary/aromatic N) is 1. The fourth-order valence-electron chi connectivity index (χ4n) is 2.35. The molecule has 2 rings (SSSR count). The van der Waals surface area contributed by atoms with Crippen molar-refractivity contribution in [2.45, 2.75) is 38.8 Å². The summed E-state index contributed by atoms with van der Waals surface area (Å²) in [7, 11) is 0. The number of aromatic nitrogens is 2. The highest BCUT2D eigenvalue weighted by atomic mass is 19.4. The lowest BCUT2D eigenvalue weighted by molar-refractivity contribution is -0.137. The van der Waals surface area contributed by atoms with Crippen LogP contribution < -0.4 is 10.3 Å². The van der Waals surface area contributed by atoms with Crippen LogP contribution in [-0.2, 0) is 6.18 Å². The summed E-state index contributed by atoms with van der Waals surface area (Å²) in [4.78, 5) is 30.4. The molecule has 0 unspecified atom stereocenters. The van der Waals surface area contributed by atoms with Gasteiger partial charge < -0.3 is 4.74 Å². The number of alkyl halides is 3. The Kier molecular flexibility index (Phi) is 6.18. The van der Waals surface area contributed by atoms with Crippen LogP contribution in [-0.4, -0.2) is 22.4 Å². The van der Waals surface area contributed by atoms with Gasteiger partial charge in [-0.05, 0) is 30.0 Å². The largest absolute Gasteiger partial charge is 0.465 e. The smallest absolute Gasteiger partial charge is 0.416 e. The highest BCUT2D eigenvalue weighted by Gasteiger charge is 2.30. The van der Waals surface area contributed by atoms with Gasteiger partial charge in [0.15, 0.2) is 5.78 Å². The number of H-pyrrole nitrogens is 1. The lowest BCUT2D eigenvalue weighted by Crippen LogP contribution is -2.16. The molecule has 26 heavy (non-hydrogen) atoms. The summed E-state index contributed by atoms with van der Waals surface area (Å²) < 4.78 is 43.1. The Morgan fingerprint density at radius 3 is 2.50 bits per heavy atom. The number of hydrogen-bond donors (Lipinski definition) is 1. The summed E-state index contributed by atoms with van der Waals surface area (Å²) in [6, 6.07) is 5.73. The summed E-state index contributed by atoms with van der Waals surface area (Å²) in [6.07, 6.45) is -3.68. The molecule has 5 nitrogen and oxygen atoms in total. The van der Waals surface area contributed by atoms with Gasteiger partial charge in [0.05, 0.1) is 12.2 Å². The van der Waals surface area contributed by atoms with E-state index >= 15 is 0 Å². The lowest BCUT2D eigenvalue weighted by Gasteiger charge is -2.13. The van der Waals surface area contributed by atoms with Crippen molar-refractivity contribution in [1.82, 2.24) is 9.97 Å². The van der Waals surface area contributed by atoms with Gasteiger partial charge in [-0.25, -0.2) is 0 Å². The van der Waals surface area contributed by atoms with Gasteiger partial charge in [0.2, 0.25) is 0 Å². The predicted octanol–water partition coefficient (Wildman–Crippen LogP) is 3.95. The minimum Gasteiger partial charge on any atom is -0.465 e. The molecule has 0 spiro atoms.